The van der Waals surface area contributed by atoms with Gasteiger partial charge >= 0.3 is 11.9 Å². The van der Waals surface area contributed by atoms with E-state index in [-0.39, 0.29) is 6.61 Å². The van der Waals surface area contributed by atoms with Crippen LogP contribution in [0.15, 0.2) is 48.5 Å². The molecule has 1 aliphatic rings. The summed E-state index contributed by atoms with van der Waals surface area (Å²) < 4.78 is 10.2. The number of carbonyl (C=O) groups is 2. The molecule has 0 aliphatic carbocycles. The van der Waals surface area contributed by atoms with Crippen molar-refractivity contribution in [2.24, 2.45) is 0 Å². The molecule has 0 N–H and O–H groups in total. The highest BCUT2D eigenvalue weighted by Gasteiger charge is 2.38. The van der Waals surface area contributed by atoms with Crippen molar-refractivity contribution in [3.63, 3.8) is 0 Å². The Balaban J connectivity index is 2.09. The SMILES string of the molecule is CCOC(=O)C1OC(=O)c2c(-c3ccccc3)cccc21. The molecular formula is C17H14O4. The van der Waals surface area contributed by atoms with E-state index in [4.69, 9.17) is 9.47 Å². The third-order valence-corrected chi connectivity index (χ3v) is 3.39. The Kier molecular flexibility index (Phi) is 3.44. The first-order valence-corrected chi connectivity index (χ1v) is 6.78. The molecule has 3 rings (SSSR count). The van der Waals surface area contributed by atoms with Crippen molar-refractivity contribution < 1.29 is 19.1 Å². The molecule has 0 amide bonds. The van der Waals surface area contributed by atoms with Crippen LogP contribution in [0.1, 0.15) is 28.9 Å². The number of hydrogen-bond acceptors (Lipinski definition) is 4. The topological polar surface area (TPSA) is 52.6 Å². The lowest BCUT2D eigenvalue weighted by molar-refractivity contribution is -0.153. The molecule has 2 aromatic rings. The minimum Gasteiger partial charge on any atom is -0.463 e. The van der Waals surface area contributed by atoms with E-state index in [1.807, 2.05) is 42.5 Å². The second-order valence-corrected chi connectivity index (χ2v) is 4.67. The van der Waals surface area contributed by atoms with Crippen LogP contribution in [0.5, 0.6) is 0 Å². The van der Waals surface area contributed by atoms with Gasteiger partial charge in [0.2, 0.25) is 6.10 Å². The van der Waals surface area contributed by atoms with Crippen molar-refractivity contribution in [1.29, 1.82) is 0 Å². The molecule has 1 heterocycles. The molecule has 1 atom stereocenters. The monoisotopic (exact) mass is 282 g/mol. The van der Waals surface area contributed by atoms with Gasteiger partial charge in [0, 0.05) is 5.56 Å². The molecule has 1 unspecified atom stereocenters. The summed E-state index contributed by atoms with van der Waals surface area (Å²) in [7, 11) is 0. The van der Waals surface area contributed by atoms with Gasteiger partial charge in [-0.1, -0.05) is 48.5 Å². The lowest BCUT2D eigenvalue weighted by Gasteiger charge is -2.09. The van der Waals surface area contributed by atoms with Gasteiger partial charge in [0.25, 0.3) is 0 Å². The molecule has 0 aromatic heterocycles. The summed E-state index contributed by atoms with van der Waals surface area (Å²) in [5, 5.41) is 0. The van der Waals surface area contributed by atoms with Gasteiger partial charge < -0.3 is 9.47 Å². The molecule has 1 aliphatic heterocycles. The molecular weight excluding hydrogens is 268 g/mol. The maximum atomic E-state index is 12.1. The summed E-state index contributed by atoms with van der Waals surface area (Å²) >= 11 is 0. The molecule has 0 bridgehead atoms. The lowest BCUT2D eigenvalue weighted by atomic mass is 9.95. The lowest BCUT2D eigenvalue weighted by Crippen LogP contribution is -2.15. The summed E-state index contributed by atoms with van der Waals surface area (Å²) in [6.45, 7) is 1.97. The molecule has 4 nitrogen and oxygen atoms in total. The molecule has 0 spiro atoms. The second kappa shape index (κ2) is 5.40. The predicted octanol–water partition coefficient (Wildman–Crippen LogP) is 3.13. The zero-order valence-electron chi connectivity index (χ0n) is 11.5. The van der Waals surface area contributed by atoms with Crippen LogP contribution in [0.2, 0.25) is 0 Å². The zero-order valence-corrected chi connectivity index (χ0v) is 11.5. The van der Waals surface area contributed by atoms with Gasteiger partial charge in [-0.2, -0.15) is 0 Å². The van der Waals surface area contributed by atoms with E-state index in [2.05, 4.69) is 0 Å². The summed E-state index contributed by atoms with van der Waals surface area (Å²) in [6.07, 6.45) is -0.962. The van der Waals surface area contributed by atoms with Crippen LogP contribution in [0.3, 0.4) is 0 Å². The normalized spacial score (nSPS) is 16.2. The van der Waals surface area contributed by atoms with E-state index in [1.165, 1.54) is 0 Å². The first-order chi connectivity index (χ1) is 10.2. The Hall–Kier alpha value is -2.62. The van der Waals surface area contributed by atoms with Crippen LogP contribution in [0, 0.1) is 0 Å². The molecule has 0 radical (unpaired) electrons. The molecule has 0 saturated heterocycles. The molecule has 21 heavy (non-hydrogen) atoms. The third kappa shape index (κ3) is 2.29. The first kappa shape index (κ1) is 13.4. The van der Waals surface area contributed by atoms with Crippen LogP contribution >= 0.6 is 0 Å². The highest BCUT2D eigenvalue weighted by Crippen LogP contribution is 2.37. The Bertz CT molecular complexity index is 691. The van der Waals surface area contributed by atoms with Crippen molar-refractivity contribution in [3.8, 4) is 11.1 Å². The van der Waals surface area contributed by atoms with Crippen LogP contribution in [-0.2, 0) is 14.3 Å². The molecule has 0 fully saturated rings. The summed E-state index contributed by atoms with van der Waals surface area (Å²) in [6, 6.07) is 14.9. The van der Waals surface area contributed by atoms with E-state index in [1.54, 1.807) is 13.0 Å². The summed E-state index contributed by atoms with van der Waals surface area (Å²) in [5.41, 5.74) is 2.70. The summed E-state index contributed by atoms with van der Waals surface area (Å²) in [5.74, 6) is -1.02. The average Bonchev–Trinajstić information content (AvgIpc) is 2.86. The van der Waals surface area contributed by atoms with Crippen molar-refractivity contribution in [1.82, 2.24) is 0 Å². The number of esters is 2. The molecule has 0 saturated carbocycles. The van der Waals surface area contributed by atoms with E-state index >= 15 is 0 Å². The smallest absolute Gasteiger partial charge is 0.352 e. The number of benzene rings is 2. The average molecular weight is 282 g/mol. The highest BCUT2D eigenvalue weighted by atomic mass is 16.6. The summed E-state index contributed by atoms with van der Waals surface area (Å²) in [4.78, 5) is 24.1. The molecule has 106 valence electrons. The maximum absolute atomic E-state index is 12.1. The fourth-order valence-corrected chi connectivity index (χ4v) is 2.50. The van der Waals surface area contributed by atoms with Gasteiger partial charge in [-0.3, -0.25) is 0 Å². The second-order valence-electron chi connectivity index (χ2n) is 4.67. The number of cyclic esters (lactones) is 1. The third-order valence-electron chi connectivity index (χ3n) is 3.39. The Morgan fingerprint density at radius 3 is 2.62 bits per heavy atom. The largest absolute Gasteiger partial charge is 0.463 e. The molecule has 2 aromatic carbocycles. The van der Waals surface area contributed by atoms with E-state index in [0.717, 1.165) is 11.1 Å². The van der Waals surface area contributed by atoms with Gasteiger partial charge in [-0.05, 0) is 18.1 Å². The van der Waals surface area contributed by atoms with Crippen molar-refractivity contribution in [3.05, 3.63) is 59.7 Å². The van der Waals surface area contributed by atoms with Gasteiger partial charge in [0.05, 0.1) is 12.2 Å². The minimum atomic E-state index is -0.962. The zero-order chi connectivity index (χ0) is 14.8. The van der Waals surface area contributed by atoms with Gasteiger partial charge in [-0.15, -0.1) is 0 Å². The number of hydrogen-bond donors (Lipinski definition) is 0. The van der Waals surface area contributed by atoms with E-state index < -0.39 is 18.0 Å². The van der Waals surface area contributed by atoms with E-state index in [0.29, 0.717) is 11.1 Å². The van der Waals surface area contributed by atoms with Crippen molar-refractivity contribution in [2.75, 3.05) is 6.61 Å². The standard InChI is InChI=1S/C17H14O4/c1-2-20-17(19)15-13-10-6-9-12(14(13)16(18)21-15)11-7-4-3-5-8-11/h3-10,15H,2H2,1H3. The van der Waals surface area contributed by atoms with Crippen LogP contribution in [0.4, 0.5) is 0 Å². The van der Waals surface area contributed by atoms with Crippen molar-refractivity contribution >= 4 is 11.9 Å². The first-order valence-electron chi connectivity index (χ1n) is 6.78. The van der Waals surface area contributed by atoms with Gasteiger partial charge in [0.1, 0.15) is 0 Å². The van der Waals surface area contributed by atoms with Gasteiger partial charge in [-0.25, -0.2) is 9.59 Å². The Labute approximate surface area is 122 Å². The van der Waals surface area contributed by atoms with Crippen LogP contribution in [-0.4, -0.2) is 18.5 Å². The van der Waals surface area contributed by atoms with E-state index in [9.17, 15) is 9.59 Å². The predicted molar refractivity (Wildman–Crippen MR) is 76.7 cm³/mol. The number of rotatable bonds is 3. The number of carbonyl (C=O) groups excluding carboxylic acids is 2. The highest BCUT2D eigenvalue weighted by molar-refractivity contribution is 6.04. The Morgan fingerprint density at radius 2 is 1.90 bits per heavy atom. The minimum absolute atomic E-state index is 0.251. The molecule has 4 heteroatoms. The van der Waals surface area contributed by atoms with Crippen LogP contribution < -0.4 is 0 Å². The van der Waals surface area contributed by atoms with Gasteiger partial charge in [0.15, 0.2) is 0 Å². The quantitative estimate of drug-likeness (QED) is 0.812. The Morgan fingerprint density at radius 1 is 1.14 bits per heavy atom. The van der Waals surface area contributed by atoms with Crippen LogP contribution in [0.25, 0.3) is 11.1 Å². The fourth-order valence-electron chi connectivity index (χ4n) is 2.50. The van der Waals surface area contributed by atoms with Crippen molar-refractivity contribution in [2.45, 2.75) is 13.0 Å². The number of ether oxygens (including phenoxy) is 2. The maximum Gasteiger partial charge on any atom is 0.352 e. The fraction of sp³-hybridized carbons (Fsp3) is 0.176. The number of fused-ring (bicyclic) bond motifs is 1.